The maximum Gasteiger partial charge on any atom is 0.323 e. The third kappa shape index (κ3) is 4.07. The summed E-state index contributed by atoms with van der Waals surface area (Å²) >= 11 is 0. The Morgan fingerprint density at radius 3 is 2.14 bits per heavy atom. The molecular weight excluding hydrogens is 266 g/mol. The highest BCUT2D eigenvalue weighted by Gasteiger charge is 2.09. The van der Waals surface area contributed by atoms with Gasteiger partial charge in [0.1, 0.15) is 0 Å². The third-order valence-electron chi connectivity index (χ3n) is 2.81. The second kappa shape index (κ2) is 6.56. The largest absolute Gasteiger partial charge is 0.345 e. The summed E-state index contributed by atoms with van der Waals surface area (Å²) < 4.78 is 0. The van der Waals surface area contributed by atoms with Gasteiger partial charge in [0.15, 0.2) is 0 Å². The number of benzene rings is 2. The van der Waals surface area contributed by atoms with E-state index in [4.69, 9.17) is 0 Å². The van der Waals surface area contributed by atoms with Crippen LogP contribution in [0.3, 0.4) is 0 Å². The Morgan fingerprint density at radius 2 is 1.48 bits per heavy atom. The van der Waals surface area contributed by atoms with E-state index >= 15 is 0 Å². The van der Waals surface area contributed by atoms with Gasteiger partial charge in [-0.25, -0.2) is 4.79 Å². The number of para-hydroxylation sites is 1. The Bertz CT molecular complexity index is 639. The van der Waals surface area contributed by atoms with Gasteiger partial charge in [0, 0.05) is 31.0 Å². The molecule has 2 rings (SSSR count). The van der Waals surface area contributed by atoms with Crippen LogP contribution in [0.2, 0.25) is 0 Å². The van der Waals surface area contributed by atoms with Crippen molar-refractivity contribution in [1.82, 2.24) is 4.90 Å². The van der Waals surface area contributed by atoms with Gasteiger partial charge in [-0.15, -0.1) is 0 Å². The fourth-order valence-electron chi connectivity index (χ4n) is 1.80. The van der Waals surface area contributed by atoms with Crippen molar-refractivity contribution in [2.45, 2.75) is 0 Å². The predicted molar refractivity (Wildman–Crippen MR) is 83.5 cm³/mol. The molecule has 0 heterocycles. The lowest BCUT2D eigenvalue weighted by atomic mass is 10.2. The van der Waals surface area contributed by atoms with Crippen molar-refractivity contribution in [2.24, 2.45) is 0 Å². The van der Waals surface area contributed by atoms with E-state index in [1.165, 1.54) is 4.90 Å². The molecule has 0 aliphatic heterocycles. The van der Waals surface area contributed by atoms with Crippen molar-refractivity contribution >= 4 is 23.3 Å². The molecule has 0 aliphatic rings. The lowest BCUT2D eigenvalue weighted by molar-refractivity contribution is 0.0827. The molecule has 0 aliphatic carbocycles. The van der Waals surface area contributed by atoms with E-state index in [2.05, 4.69) is 10.6 Å². The van der Waals surface area contributed by atoms with Crippen molar-refractivity contribution in [1.29, 1.82) is 0 Å². The minimum atomic E-state index is -0.351. The third-order valence-corrected chi connectivity index (χ3v) is 2.81. The number of urea groups is 1. The van der Waals surface area contributed by atoms with Crippen LogP contribution < -0.4 is 10.6 Å². The summed E-state index contributed by atoms with van der Waals surface area (Å²) in [5.41, 5.74) is 1.80. The molecular formula is C16H17N3O2. The van der Waals surface area contributed by atoms with E-state index in [0.717, 1.165) is 0 Å². The number of nitrogens with one attached hydrogen (secondary N) is 2. The van der Waals surface area contributed by atoms with E-state index in [1.54, 1.807) is 50.5 Å². The standard InChI is InChI=1S/C16H17N3O2/c1-19(2)15(20)12-7-6-10-14(11-12)18-16(21)17-13-8-4-3-5-9-13/h3-11H,1-2H3,(H2,17,18,21). The lowest BCUT2D eigenvalue weighted by Gasteiger charge is -2.12. The second-order valence-electron chi connectivity index (χ2n) is 4.73. The van der Waals surface area contributed by atoms with Crippen LogP contribution in [-0.2, 0) is 0 Å². The van der Waals surface area contributed by atoms with E-state index in [9.17, 15) is 9.59 Å². The maximum absolute atomic E-state index is 11.9. The van der Waals surface area contributed by atoms with Gasteiger partial charge < -0.3 is 15.5 Å². The molecule has 0 saturated carbocycles. The van der Waals surface area contributed by atoms with Gasteiger partial charge in [-0.3, -0.25) is 4.79 Å². The van der Waals surface area contributed by atoms with Gasteiger partial charge >= 0.3 is 6.03 Å². The van der Waals surface area contributed by atoms with Crippen LogP contribution in [-0.4, -0.2) is 30.9 Å². The van der Waals surface area contributed by atoms with Crippen LogP contribution in [0, 0.1) is 0 Å². The monoisotopic (exact) mass is 283 g/mol. The summed E-state index contributed by atoms with van der Waals surface area (Å²) in [5, 5.41) is 5.42. The van der Waals surface area contributed by atoms with Crippen LogP contribution >= 0.6 is 0 Å². The summed E-state index contributed by atoms with van der Waals surface area (Å²) in [5.74, 6) is -0.109. The molecule has 3 amide bonds. The first-order chi connectivity index (χ1) is 10.1. The highest BCUT2D eigenvalue weighted by atomic mass is 16.2. The molecule has 0 atom stereocenters. The fraction of sp³-hybridized carbons (Fsp3) is 0.125. The molecule has 0 aromatic heterocycles. The first-order valence-electron chi connectivity index (χ1n) is 6.51. The highest BCUT2D eigenvalue weighted by molar-refractivity contribution is 6.01. The highest BCUT2D eigenvalue weighted by Crippen LogP contribution is 2.13. The fourth-order valence-corrected chi connectivity index (χ4v) is 1.80. The lowest BCUT2D eigenvalue weighted by Crippen LogP contribution is -2.22. The summed E-state index contributed by atoms with van der Waals surface area (Å²) in [6, 6.07) is 15.6. The maximum atomic E-state index is 11.9. The van der Waals surface area contributed by atoms with Crippen molar-refractivity contribution < 1.29 is 9.59 Å². The van der Waals surface area contributed by atoms with E-state index in [-0.39, 0.29) is 11.9 Å². The van der Waals surface area contributed by atoms with Crippen molar-refractivity contribution in [3.05, 3.63) is 60.2 Å². The molecule has 0 fully saturated rings. The Balaban J connectivity index is 2.04. The number of hydrogen-bond donors (Lipinski definition) is 2. The smallest absolute Gasteiger partial charge is 0.323 e. The first kappa shape index (κ1) is 14.6. The second-order valence-corrected chi connectivity index (χ2v) is 4.73. The van der Waals surface area contributed by atoms with Gasteiger partial charge in [0.05, 0.1) is 0 Å². The van der Waals surface area contributed by atoms with Crippen molar-refractivity contribution in [3.63, 3.8) is 0 Å². The van der Waals surface area contributed by atoms with E-state index in [1.807, 2.05) is 18.2 Å². The van der Waals surface area contributed by atoms with Crippen LogP contribution in [0.1, 0.15) is 10.4 Å². The van der Waals surface area contributed by atoms with E-state index < -0.39 is 0 Å². The average molecular weight is 283 g/mol. The molecule has 108 valence electrons. The van der Waals surface area contributed by atoms with Gasteiger partial charge in [-0.05, 0) is 30.3 Å². The van der Waals surface area contributed by atoms with Crippen LogP contribution in [0.5, 0.6) is 0 Å². The molecule has 2 aromatic carbocycles. The predicted octanol–water partition coefficient (Wildman–Crippen LogP) is 3.03. The SMILES string of the molecule is CN(C)C(=O)c1cccc(NC(=O)Nc2ccccc2)c1. The van der Waals surface area contributed by atoms with Gasteiger partial charge in [0.2, 0.25) is 0 Å². The van der Waals surface area contributed by atoms with Gasteiger partial charge in [-0.2, -0.15) is 0 Å². The number of anilines is 2. The summed E-state index contributed by atoms with van der Waals surface area (Å²) in [4.78, 5) is 25.2. The summed E-state index contributed by atoms with van der Waals surface area (Å²) in [7, 11) is 3.37. The van der Waals surface area contributed by atoms with E-state index in [0.29, 0.717) is 16.9 Å². The topological polar surface area (TPSA) is 61.4 Å². The van der Waals surface area contributed by atoms with Crippen LogP contribution in [0.4, 0.5) is 16.2 Å². The number of carbonyl (C=O) groups is 2. The van der Waals surface area contributed by atoms with Crippen LogP contribution in [0.25, 0.3) is 0 Å². The van der Waals surface area contributed by atoms with Gasteiger partial charge in [-0.1, -0.05) is 24.3 Å². The normalized spacial score (nSPS) is 9.81. The number of carbonyl (C=O) groups excluding carboxylic acids is 2. The molecule has 5 heteroatoms. The molecule has 0 unspecified atom stereocenters. The van der Waals surface area contributed by atoms with Crippen molar-refractivity contribution in [3.8, 4) is 0 Å². The minimum absolute atomic E-state index is 0.109. The Labute approximate surface area is 123 Å². The molecule has 5 nitrogen and oxygen atoms in total. The molecule has 0 spiro atoms. The quantitative estimate of drug-likeness (QED) is 0.909. The molecule has 0 saturated heterocycles. The Hall–Kier alpha value is -2.82. The molecule has 0 bridgehead atoms. The molecule has 0 radical (unpaired) electrons. The molecule has 21 heavy (non-hydrogen) atoms. The summed E-state index contributed by atoms with van der Waals surface area (Å²) in [6.07, 6.45) is 0. The molecule has 2 aromatic rings. The number of rotatable bonds is 3. The minimum Gasteiger partial charge on any atom is -0.345 e. The zero-order valence-corrected chi connectivity index (χ0v) is 12.0. The van der Waals surface area contributed by atoms with Crippen LogP contribution in [0.15, 0.2) is 54.6 Å². The Morgan fingerprint density at radius 1 is 0.857 bits per heavy atom. The Kier molecular flexibility index (Phi) is 4.56. The summed E-state index contributed by atoms with van der Waals surface area (Å²) in [6.45, 7) is 0. The number of amides is 3. The average Bonchev–Trinajstić information content (AvgIpc) is 2.47. The van der Waals surface area contributed by atoms with Gasteiger partial charge in [0.25, 0.3) is 5.91 Å². The van der Waals surface area contributed by atoms with Crippen molar-refractivity contribution in [2.75, 3.05) is 24.7 Å². The first-order valence-corrected chi connectivity index (χ1v) is 6.51. The zero-order chi connectivity index (χ0) is 15.2. The number of hydrogen-bond acceptors (Lipinski definition) is 2. The molecule has 2 N–H and O–H groups in total. The zero-order valence-electron chi connectivity index (χ0n) is 12.0. The number of nitrogens with zero attached hydrogens (tertiary/aromatic N) is 1.